The molecule has 1 aromatic carbocycles. The van der Waals surface area contributed by atoms with E-state index in [4.69, 9.17) is 11.6 Å². The molecule has 0 amide bonds. The summed E-state index contributed by atoms with van der Waals surface area (Å²) in [4.78, 5) is 0. The zero-order valence-electron chi connectivity index (χ0n) is 9.29. The summed E-state index contributed by atoms with van der Waals surface area (Å²) in [6.07, 6.45) is 2.18. The molecule has 1 fully saturated rings. The highest BCUT2D eigenvalue weighted by atomic mass is 35.5. The highest BCUT2D eigenvalue weighted by Crippen LogP contribution is 2.47. The Morgan fingerprint density at radius 3 is 2.53 bits per heavy atom. The van der Waals surface area contributed by atoms with Crippen molar-refractivity contribution < 1.29 is 9.50 Å². The molecule has 0 aliphatic heterocycles. The SMILES string of the molecule is N#CC1(C(O)c2cc(F)cc(Cl)c2)CCCC1. The van der Waals surface area contributed by atoms with Gasteiger partial charge < -0.3 is 5.11 Å². The van der Waals surface area contributed by atoms with Crippen LogP contribution in [0.25, 0.3) is 0 Å². The van der Waals surface area contributed by atoms with Crippen LogP contribution < -0.4 is 0 Å². The van der Waals surface area contributed by atoms with E-state index in [1.54, 1.807) is 0 Å². The third-order valence-corrected chi connectivity index (χ3v) is 3.66. The maximum absolute atomic E-state index is 13.2. The molecule has 1 aromatic rings. The van der Waals surface area contributed by atoms with E-state index in [2.05, 4.69) is 6.07 Å². The largest absolute Gasteiger partial charge is 0.387 e. The topological polar surface area (TPSA) is 44.0 Å². The molecule has 0 aromatic heterocycles. The first-order valence-electron chi connectivity index (χ1n) is 5.63. The van der Waals surface area contributed by atoms with Crippen molar-refractivity contribution in [2.45, 2.75) is 31.8 Å². The lowest BCUT2D eigenvalue weighted by molar-refractivity contribution is 0.0668. The highest BCUT2D eigenvalue weighted by Gasteiger charge is 2.41. The van der Waals surface area contributed by atoms with Crippen LogP contribution in [0.1, 0.15) is 37.4 Å². The van der Waals surface area contributed by atoms with E-state index in [-0.39, 0.29) is 5.02 Å². The Balaban J connectivity index is 2.36. The molecule has 1 aliphatic carbocycles. The first-order chi connectivity index (χ1) is 8.07. The number of nitriles is 1. The number of aliphatic hydroxyl groups excluding tert-OH is 1. The second kappa shape index (κ2) is 4.64. The van der Waals surface area contributed by atoms with Crippen molar-refractivity contribution in [2.24, 2.45) is 5.41 Å². The lowest BCUT2D eigenvalue weighted by Gasteiger charge is -2.27. The molecule has 1 saturated carbocycles. The van der Waals surface area contributed by atoms with Crippen molar-refractivity contribution in [1.82, 2.24) is 0 Å². The van der Waals surface area contributed by atoms with Gasteiger partial charge in [-0.05, 0) is 36.6 Å². The summed E-state index contributed by atoms with van der Waals surface area (Å²) in [5.74, 6) is -0.488. The summed E-state index contributed by atoms with van der Waals surface area (Å²) in [5.41, 5.74) is -0.393. The predicted octanol–water partition coefficient (Wildman–Crippen LogP) is 3.60. The molecule has 4 heteroatoms. The summed E-state index contributed by atoms with van der Waals surface area (Å²) in [6, 6.07) is 6.15. The van der Waals surface area contributed by atoms with Crippen LogP contribution >= 0.6 is 11.6 Å². The number of nitrogens with zero attached hydrogens (tertiary/aromatic N) is 1. The zero-order valence-corrected chi connectivity index (χ0v) is 10.0. The van der Waals surface area contributed by atoms with Gasteiger partial charge in [0.25, 0.3) is 0 Å². The second-order valence-electron chi connectivity index (χ2n) is 4.58. The molecule has 90 valence electrons. The molecule has 0 radical (unpaired) electrons. The van der Waals surface area contributed by atoms with E-state index in [0.717, 1.165) is 12.8 Å². The fourth-order valence-corrected chi connectivity index (χ4v) is 2.73. The minimum absolute atomic E-state index is 0.241. The van der Waals surface area contributed by atoms with Crippen LogP contribution in [0.2, 0.25) is 5.02 Å². The number of aliphatic hydroxyl groups is 1. The summed E-state index contributed by atoms with van der Waals surface area (Å²) < 4.78 is 13.2. The Morgan fingerprint density at radius 1 is 1.35 bits per heavy atom. The molecule has 0 saturated heterocycles. The Hall–Kier alpha value is -1.11. The smallest absolute Gasteiger partial charge is 0.125 e. The third-order valence-electron chi connectivity index (χ3n) is 3.44. The van der Waals surface area contributed by atoms with Crippen LogP contribution in [0.3, 0.4) is 0 Å². The van der Waals surface area contributed by atoms with Crippen LogP contribution in [0, 0.1) is 22.6 Å². The number of hydrogen-bond acceptors (Lipinski definition) is 2. The van der Waals surface area contributed by atoms with Gasteiger partial charge >= 0.3 is 0 Å². The van der Waals surface area contributed by atoms with Gasteiger partial charge in [0.2, 0.25) is 0 Å². The van der Waals surface area contributed by atoms with Gasteiger partial charge in [0, 0.05) is 5.02 Å². The molecule has 1 unspecified atom stereocenters. The van der Waals surface area contributed by atoms with Crippen LogP contribution in [-0.4, -0.2) is 5.11 Å². The van der Waals surface area contributed by atoms with Gasteiger partial charge in [-0.1, -0.05) is 24.4 Å². The molecule has 2 nitrogen and oxygen atoms in total. The van der Waals surface area contributed by atoms with Gasteiger partial charge in [-0.25, -0.2) is 4.39 Å². The fraction of sp³-hybridized carbons (Fsp3) is 0.462. The number of rotatable bonds is 2. The van der Waals surface area contributed by atoms with Gasteiger partial charge in [0.1, 0.15) is 5.82 Å². The molecular weight excluding hydrogens is 241 g/mol. The van der Waals surface area contributed by atoms with Crippen LogP contribution in [-0.2, 0) is 0 Å². The van der Waals surface area contributed by atoms with Gasteiger partial charge in [-0.15, -0.1) is 0 Å². The highest BCUT2D eigenvalue weighted by molar-refractivity contribution is 6.30. The summed E-state index contributed by atoms with van der Waals surface area (Å²) >= 11 is 5.76. The maximum Gasteiger partial charge on any atom is 0.125 e. The lowest BCUT2D eigenvalue weighted by Crippen LogP contribution is -2.24. The Morgan fingerprint density at radius 2 is 2.00 bits per heavy atom. The molecule has 17 heavy (non-hydrogen) atoms. The molecule has 2 rings (SSSR count). The van der Waals surface area contributed by atoms with Crippen molar-refractivity contribution in [3.05, 3.63) is 34.6 Å². The van der Waals surface area contributed by atoms with E-state index in [1.807, 2.05) is 0 Å². The van der Waals surface area contributed by atoms with E-state index >= 15 is 0 Å². The molecule has 0 spiro atoms. The van der Waals surface area contributed by atoms with Crippen LogP contribution in [0.5, 0.6) is 0 Å². The average Bonchev–Trinajstić information content (AvgIpc) is 2.76. The summed E-state index contributed by atoms with van der Waals surface area (Å²) in [7, 11) is 0. The molecular formula is C13H13ClFNO. The first kappa shape index (κ1) is 12.3. The third kappa shape index (κ3) is 2.29. The van der Waals surface area contributed by atoms with Crippen molar-refractivity contribution in [3.63, 3.8) is 0 Å². The van der Waals surface area contributed by atoms with E-state index < -0.39 is 17.3 Å². The molecule has 0 heterocycles. The Kier molecular flexibility index (Phi) is 3.37. The monoisotopic (exact) mass is 253 g/mol. The quantitative estimate of drug-likeness (QED) is 0.875. The summed E-state index contributed by atoms with van der Waals surface area (Å²) in [6.45, 7) is 0. The normalized spacial score (nSPS) is 19.9. The van der Waals surface area contributed by atoms with E-state index in [1.165, 1.54) is 18.2 Å². The predicted molar refractivity (Wildman–Crippen MR) is 62.9 cm³/mol. The standard InChI is InChI=1S/C13H13ClFNO/c14-10-5-9(6-11(15)7-10)12(17)13(8-16)3-1-2-4-13/h5-7,12,17H,1-4H2. The zero-order chi connectivity index (χ0) is 12.5. The molecule has 1 atom stereocenters. The molecule has 1 N–H and O–H groups in total. The molecule has 0 bridgehead atoms. The molecule has 1 aliphatic rings. The average molecular weight is 254 g/mol. The van der Waals surface area contributed by atoms with Crippen molar-refractivity contribution in [1.29, 1.82) is 5.26 Å². The maximum atomic E-state index is 13.2. The Labute approximate surface area is 105 Å². The number of halogens is 2. The lowest BCUT2D eigenvalue weighted by atomic mass is 9.79. The second-order valence-corrected chi connectivity index (χ2v) is 5.02. The number of benzene rings is 1. The van der Waals surface area contributed by atoms with Gasteiger partial charge in [0.05, 0.1) is 17.6 Å². The van der Waals surface area contributed by atoms with Gasteiger partial charge in [-0.3, -0.25) is 0 Å². The van der Waals surface area contributed by atoms with Crippen LogP contribution in [0.4, 0.5) is 4.39 Å². The number of hydrogen-bond donors (Lipinski definition) is 1. The van der Waals surface area contributed by atoms with Gasteiger partial charge in [-0.2, -0.15) is 5.26 Å². The fourth-order valence-electron chi connectivity index (χ4n) is 2.50. The van der Waals surface area contributed by atoms with E-state index in [9.17, 15) is 14.8 Å². The van der Waals surface area contributed by atoms with Gasteiger partial charge in [0.15, 0.2) is 0 Å². The minimum Gasteiger partial charge on any atom is -0.387 e. The van der Waals surface area contributed by atoms with Crippen LogP contribution in [0.15, 0.2) is 18.2 Å². The van der Waals surface area contributed by atoms with Crippen molar-refractivity contribution in [3.8, 4) is 6.07 Å². The van der Waals surface area contributed by atoms with E-state index in [0.29, 0.717) is 18.4 Å². The summed E-state index contributed by atoms with van der Waals surface area (Å²) in [5, 5.41) is 19.8. The minimum atomic E-state index is -0.969. The Bertz CT molecular complexity index is 443. The van der Waals surface area contributed by atoms with Crippen molar-refractivity contribution in [2.75, 3.05) is 0 Å². The van der Waals surface area contributed by atoms with Crippen molar-refractivity contribution >= 4 is 11.6 Å². The first-order valence-corrected chi connectivity index (χ1v) is 6.00.